The van der Waals surface area contributed by atoms with E-state index in [-0.39, 0.29) is 6.42 Å². The summed E-state index contributed by atoms with van der Waals surface area (Å²) < 4.78 is 1.10. The minimum absolute atomic E-state index is 0.166. The first kappa shape index (κ1) is 25.1. The predicted molar refractivity (Wildman–Crippen MR) is 148 cm³/mol. The van der Waals surface area contributed by atoms with E-state index in [1.807, 2.05) is 24.3 Å². The molecule has 1 unspecified atom stereocenters. The number of nitrogens with one attached hydrogen (secondary N) is 2. The highest BCUT2D eigenvalue weighted by Crippen LogP contribution is 2.40. The number of aliphatic hydroxyl groups is 3. The molecule has 7 nitrogen and oxygen atoms in total. The van der Waals surface area contributed by atoms with E-state index in [1.165, 1.54) is 4.88 Å². The molecule has 0 radical (unpaired) electrons. The summed E-state index contributed by atoms with van der Waals surface area (Å²) in [4.78, 5) is 11.2. The Kier molecular flexibility index (Phi) is 7.55. The Labute approximate surface area is 218 Å². The number of hydrogen-bond donors (Lipinski definition) is 5. The molecule has 4 atom stereocenters. The molecule has 3 heterocycles. The molecule has 0 saturated heterocycles. The molecule has 0 aliphatic heterocycles. The first-order valence-corrected chi connectivity index (χ1v) is 14.1. The van der Waals surface area contributed by atoms with Gasteiger partial charge in [0.05, 0.1) is 40.6 Å². The molecule has 0 amide bonds. The van der Waals surface area contributed by atoms with Gasteiger partial charge in [-0.2, -0.15) is 0 Å². The van der Waals surface area contributed by atoms with Crippen LogP contribution in [-0.4, -0.2) is 49.6 Å². The number of aromatic nitrogens is 2. The minimum atomic E-state index is -1.01. The van der Waals surface area contributed by atoms with Gasteiger partial charge in [0.1, 0.15) is 22.7 Å². The minimum Gasteiger partial charge on any atom is -0.393 e. The molecule has 1 fully saturated rings. The average molecular weight is 525 g/mol. The zero-order chi connectivity index (χ0) is 25.2. The Morgan fingerprint density at radius 2 is 1.86 bits per heavy atom. The van der Waals surface area contributed by atoms with Crippen molar-refractivity contribution in [3.05, 3.63) is 57.8 Å². The third kappa shape index (κ3) is 5.12. The highest BCUT2D eigenvalue weighted by molar-refractivity contribution is 7.21. The van der Waals surface area contributed by atoms with Crippen LogP contribution in [0.15, 0.2) is 41.8 Å². The van der Waals surface area contributed by atoms with Gasteiger partial charge in [-0.1, -0.05) is 25.1 Å². The molecule has 0 spiro atoms. The van der Waals surface area contributed by atoms with Gasteiger partial charge in [0.15, 0.2) is 0 Å². The summed E-state index contributed by atoms with van der Waals surface area (Å²) in [5, 5.41) is 41.4. The number of para-hydroxylation sites is 1. The first-order chi connectivity index (χ1) is 17.4. The smallest absolute Gasteiger partial charge is 0.139 e. The molecule has 4 aromatic rings. The van der Waals surface area contributed by atoms with Crippen LogP contribution in [0.3, 0.4) is 0 Å². The van der Waals surface area contributed by atoms with Crippen molar-refractivity contribution in [2.24, 2.45) is 0 Å². The first-order valence-electron chi connectivity index (χ1n) is 12.4. The normalized spacial score (nSPS) is 22.5. The Bertz CT molecular complexity index is 1290. The molecule has 0 bridgehead atoms. The second kappa shape index (κ2) is 10.8. The van der Waals surface area contributed by atoms with Crippen molar-refractivity contribution in [3.8, 4) is 10.6 Å². The van der Waals surface area contributed by atoms with Gasteiger partial charge in [-0.3, -0.25) is 0 Å². The standard InChI is InChI=1S/C27H32N4O3S2/c1-3-18-15(2)23(27-30-19-8-4-5-9-22(19)36-27)26(31-25(18)28-14-17-7-6-12-35-17)29-20-11-10-16(32)13-21(33)24(20)34/h4-9,12,16,20-21,24,32-34H,3,10-11,13-14H2,1-2H3,(H2,28,29,31)/t16-,20?,21+,24-/m0/s1. The quantitative estimate of drug-likeness (QED) is 0.218. The zero-order valence-corrected chi connectivity index (χ0v) is 22.1. The number of pyridine rings is 1. The molecule has 9 heteroatoms. The molecule has 5 rings (SSSR count). The van der Waals surface area contributed by atoms with Gasteiger partial charge in [-0.05, 0) is 60.9 Å². The maximum Gasteiger partial charge on any atom is 0.139 e. The summed E-state index contributed by atoms with van der Waals surface area (Å²) in [7, 11) is 0. The zero-order valence-electron chi connectivity index (χ0n) is 20.4. The van der Waals surface area contributed by atoms with E-state index in [1.54, 1.807) is 22.7 Å². The van der Waals surface area contributed by atoms with Crippen molar-refractivity contribution < 1.29 is 15.3 Å². The summed E-state index contributed by atoms with van der Waals surface area (Å²) in [5.41, 5.74) is 4.07. The van der Waals surface area contributed by atoms with Crippen LogP contribution >= 0.6 is 22.7 Å². The molecule has 1 aromatic carbocycles. The van der Waals surface area contributed by atoms with E-state index in [2.05, 4.69) is 42.0 Å². The van der Waals surface area contributed by atoms with E-state index < -0.39 is 24.4 Å². The van der Waals surface area contributed by atoms with E-state index in [4.69, 9.17) is 9.97 Å². The van der Waals surface area contributed by atoms with Crippen LogP contribution in [0.2, 0.25) is 0 Å². The fourth-order valence-corrected chi connectivity index (χ4v) is 6.64. The molecule has 190 valence electrons. The molecular formula is C27H32N4O3S2. The number of benzene rings is 1. The third-order valence-corrected chi connectivity index (χ3v) is 8.83. The summed E-state index contributed by atoms with van der Waals surface area (Å²) in [6, 6.07) is 11.8. The number of fused-ring (bicyclic) bond motifs is 1. The average Bonchev–Trinajstić information content (AvgIpc) is 3.52. The van der Waals surface area contributed by atoms with Crippen LogP contribution in [-0.2, 0) is 13.0 Å². The molecule has 5 N–H and O–H groups in total. The van der Waals surface area contributed by atoms with E-state index in [0.29, 0.717) is 25.2 Å². The van der Waals surface area contributed by atoms with Gasteiger partial charge in [0, 0.05) is 11.3 Å². The fourth-order valence-electron chi connectivity index (χ4n) is 4.93. The monoisotopic (exact) mass is 524 g/mol. The highest BCUT2D eigenvalue weighted by Gasteiger charge is 2.33. The Morgan fingerprint density at radius 3 is 2.61 bits per heavy atom. The van der Waals surface area contributed by atoms with Crippen molar-refractivity contribution in [3.63, 3.8) is 0 Å². The number of aliphatic hydroxyl groups excluding tert-OH is 3. The number of thiophene rings is 1. The molecular weight excluding hydrogens is 492 g/mol. The Balaban J connectivity index is 1.59. The number of nitrogens with zero attached hydrogens (tertiary/aromatic N) is 2. The van der Waals surface area contributed by atoms with Gasteiger partial charge in [0.2, 0.25) is 0 Å². The summed E-state index contributed by atoms with van der Waals surface area (Å²) in [6.45, 7) is 4.90. The Hall–Kier alpha value is -2.56. The third-order valence-electron chi connectivity index (χ3n) is 6.90. The number of anilines is 2. The lowest BCUT2D eigenvalue weighted by Crippen LogP contribution is -2.41. The molecule has 1 saturated carbocycles. The van der Waals surface area contributed by atoms with Crippen LogP contribution in [0.25, 0.3) is 20.8 Å². The lowest BCUT2D eigenvalue weighted by atomic mass is 10.00. The topological polar surface area (TPSA) is 111 Å². The lowest BCUT2D eigenvalue weighted by Gasteiger charge is -2.27. The van der Waals surface area contributed by atoms with Gasteiger partial charge in [-0.25, -0.2) is 9.97 Å². The number of rotatable bonds is 7. The second-order valence-electron chi connectivity index (χ2n) is 9.34. The second-order valence-corrected chi connectivity index (χ2v) is 11.4. The van der Waals surface area contributed by atoms with Crippen LogP contribution < -0.4 is 10.6 Å². The summed E-state index contributed by atoms with van der Waals surface area (Å²) >= 11 is 3.32. The summed E-state index contributed by atoms with van der Waals surface area (Å²) in [6.07, 6.45) is -0.658. The van der Waals surface area contributed by atoms with E-state index in [9.17, 15) is 15.3 Å². The summed E-state index contributed by atoms with van der Waals surface area (Å²) in [5.74, 6) is 1.43. The SMILES string of the molecule is CCc1c(NCc2cccs2)nc(NC2CC[C@H](O)C[C@@H](O)[C@H]2O)c(-c2nc3ccccc3s2)c1C. The molecule has 1 aliphatic carbocycles. The van der Waals surface area contributed by atoms with Gasteiger partial charge >= 0.3 is 0 Å². The Morgan fingerprint density at radius 1 is 1.03 bits per heavy atom. The fraction of sp³-hybridized carbons (Fsp3) is 0.407. The van der Waals surface area contributed by atoms with E-state index in [0.717, 1.165) is 44.2 Å². The molecule has 3 aromatic heterocycles. The largest absolute Gasteiger partial charge is 0.393 e. The van der Waals surface area contributed by atoms with Crippen LogP contribution in [0, 0.1) is 6.92 Å². The molecule has 36 heavy (non-hydrogen) atoms. The van der Waals surface area contributed by atoms with Crippen molar-refractivity contribution in [2.45, 2.75) is 70.4 Å². The van der Waals surface area contributed by atoms with Crippen molar-refractivity contribution in [2.75, 3.05) is 10.6 Å². The van der Waals surface area contributed by atoms with Crippen molar-refractivity contribution in [1.29, 1.82) is 0 Å². The van der Waals surface area contributed by atoms with Crippen LogP contribution in [0.5, 0.6) is 0 Å². The lowest BCUT2D eigenvalue weighted by molar-refractivity contribution is -0.00596. The van der Waals surface area contributed by atoms with Crippen molar-refractivity contribution >= 4 is 44.5 Å². The van der Waals surface area contributed by atoms with Gasteiger partial charge < -0.3 is 26.0 Å². The van der Waals surface area contributed by atoms with Gasteiger partial charge in [0.25, 0.3) is 0 Å². The maximum absolute atomic E-state index is 10.9. The highest BCUT2D eigenvalue weighted by atomic mass is 32.1. The number of thiazole rings is 1. The predicted octanol–water partition coefficient (Wildman–Crippen LogP) is 4.95. The van der Waals surface area contributed by atoms with Crippen LogP contribution in [0.1, 0.15) is 42.2 Å². The van der Waals surface area contributed by atoms with Crippen molar-refractivity contribution in [1.82, 2.24) is 9.97 Å². The number of hydrogen-bond acceptors (Lipinski definition) is 9. The maximum atomic E-state index is 10.9. The van der Waals surface area contributed by atoms with E-state index >= 15 is 0 Å². The molecule has 1 aliphatic rings. The van der Waals surface area contributed by atoms with Gasteiger partial charge in [-0.15, -0.1) is 22.7 Å². The van der Waals surface area contributed by atoms with Crippen LogP contribution in [0.4, 0.5) is 11.6 Å².